The molecule has 2 aliphatic heterocycles. The van der Waals surface area contributed by atoms with Gasteiger partial charge in [-0.25, -0.2) is 0 Å². The molecule has 2 aromatic carbocycles. The van der Waals surface area contributed by atoms with Crippen LogP contribution in [0.4, 0.5) is 0 Å². The first-order chi connectivity index (χ1) is 17.6. The molecular weight excluding hydrogens is 476 g/mol. The van der Waals surface area contributed by atoms with E-state index in [4.69, 9.17) is 14.2 Å². The van der Waals surface area contributed by atoms with Crippen molar-refractivity contribution in [2.45, 2.75) is 38.3 Å². The van der Waals surface area contributed by atoms with Crippen molar-refractivity contribution in [1.29, 1.82) is 0 Å². The lowest BCUT2D eigenvalue weighted by atomic mass is 10.00. The average molecular weight is 505 g/mol. The highest BCUT2D eigenvalue weighted by atomic mass is 32.1. The molecule has 2 amide bonds. The zero-order valence-corrected chi connectivity index (χ0v) is 21.0. The van der Waals surface area contributed by atoms with Crippen LogP contribution in [0.5, 0.6) is 17.2 Å². The van der Waals surface area contributed by atoms with Gasteiger partial charge in [-0.05, 0) is 73.5 Å². The fourth-order valence-corrected chi connectivity index (χ4v) is 5.80. The zero-order valence-electron chi connectivity index (χ0n) is 20.1. The first kappa shape index (κ1) is 22.9. The van der Waals surface area contributed by atoms with Crippen LogP contribution in [-0.4, -0.2) is 54.1 Å². The van der Waals surface area contributed by atoms with E-state index in [2.05, 4.69) is 11.4 Å². The Bertz CT molecular complexity index is 1280. The lowest BCUT2D eigenvalue weighted by Crippen LogP contribution is -2.48. The molecule has 0 N–H and O–H groups in total. The molecule has 0 radical (unpaired) electrons. The molecule has 1 atom stereocenters. The van der Waals surface area contributed by atoms with Crippen LogP contribution in [0.25, 0.3) is 0 Å². The summed E-state index contributed by atoms with van der Waals surface area (Å²) in [6.07, 6.45) is 2.65. The Morgan fingerprint density at radius 1 is 1.08 bits per heavy atom. The van der Waals surface area contributed by atoms with Gasteiger partial charge in [-0.1, -0.05) is 17.7 Å². The lowest BCUT2D eigenvalue weighted by molar-refractivity contribution is -0.135. The van der Waals surface area contributed by atoms with E-state index in [0.29, 0.717) is 30.2 Å². The second-order valence-electron chi connectivity index (χ2n) is 9.51. The first-order valence-corrected chi connectivity index (χ1v) is 13.2. The number of thiophene rings is 1. The number of fused-ring (bicyclic) bond motifs is 2. The number of aryl methyl sites for hydroxylation is 1. The predicted molar refractivity (Wildman–Crippen MR) is 136 cm³/mol. The Kier molecular flexibility index (Phi) is 6.05. The second-order valence-corrected chi connectivity index (χ2v) is 10.5. The van der Waals surface area contributed by atoms with E-state index in [9.17, 15) is 9.59 Å². The molecule has 0 bridgehead atoms. The monoisotopic (exact) mass is 504 g/mol. The van der Waals surface area contributed by atoms with Crippen molar-refractivity contribution in [2.75, 3.05) is 26.5 Å². The first-order valence-electron chi connectivity index (χ1n) is 12.3. The van der Waals surface area contributed by atoms with E-state index >= 15 is 0 Å². The highest BCUT2D eigenvalue weighted by Crippen LogP contribution is 2.36. The summed E-state index contributed by atoms with van der Waals surface area (Å²) in [6.45, 7) is 3.24. The van der Waals surface area contributed by atoms with Crippen LogP contribution in [0.3, 0.4) is 0 Å². The second kappa shape index (κ2) is 9.50. The van der Waals surface area contributed by atoms with Gasteiger partial charge < -0.3 is 24.0 Å². The summed E-state index contributed by atoms with van der Waals surface area (Å²) in [4.78, 5) is 32.1. The van der Waals surface area contributed by atoms with Gasteiger partial charge in [-0.3, -0.25) is 9.59 Å². The van der Waals surface area contributed by atoms with Gasteiger partial charge in [-0.2, -0.15) is 0 Å². The van der Waals surface area contributed by atoms with Crippen LogP contribution in [0.2, 0.25) is 0 Å². The van der Waals surface area contributed by atoms with E-state index in [1.807, 2.05) is 36.1 Å². The van der Waals surface area contributed by atoms with Gasteiger partial charge in [0.25, 0.3) is 5.91 Å². The third-order valence-corrected chi connectivity index (χ3v) is 8.01. The average Bonchev–Trinajstić information content (AvgIpc) is 3.42. The summed E-state index contributed by atoms with van der Waals surface area (Å²) in [6, 6.07) is 15.2. The van der Waals surface area contributed by atoms with Crippen molar-refractivity contribution in [1.82, 2.24) is 9.80 Å². The van der Waals surface area contributed by atoms with Crippen molar-refractivity contribution in [3.8, 4) is 17.2 Å². The third kappa shape index (κ3) is 4.53. The van der Waals surface area contributed by atoms with Crippen molar-refractivity contribution < 1.29 is 23.8 Å². The van der Waals surface area contributed by atoms with Gasteiger partial charge >= 0.3 is 0 Å². The molecule has 3 aliphatic rings. The van der Waals surface area contributed by atoms with Crippen LogP contribution in [0.1, 0.15) is 45.2 Å². The number of amides is 2. The molecule has 3 aromatic rings. The molecule has 1 fully saturated rings. The Morgan fingerprint density at radius 3 is 2.69 bits per heavy atom. The molecule has 186 valence electrons. The number of rotatable bonds is 7. The van der Waals surface area contributed by atoms with Gasteiger partial charge in [0.1, 0.15) is 18.9 Å². The number of benzene rings is 2. The van der Waals surface area contributed by atoms with E-state index in [-0.39, 0.29) is 37.2 Å². The maximum atomic E-state index is 13.7. The van der Waals surface area contributed by atoms with Gasteiger partial charge in [0.05, 0.1) is 6.04 Å². The van der Waals surface area contributed by atoms with E-state index < -0.39 is 0 Å². The molecule has 3 heterocycles. The quantitative estimate of drug-likeness (QED) is 0.471. The molecule has 36 heavy (non-hydrogen) atoms. The van der Waals surface area contributed by atoms with E-state index in [1.54, 1.807) is 34.4 Å². The topological polar surface area (TPSA) is 68.3 Å². The number of nitrogens with zero attached hydrogens (tertiary/aromatic N) is 2. The van der Waals surface area contributed by atoms with Gasteiger partial charge in [0.15, 0.2) is 11.5 Å². The highest BCUT2D eigenvalue weighted by molar-refractivity contribution is 7.10. The van der Waals surface area contributed by atoms with Gasteiger partial charge in [0, 0.05) is 23.0 Å². The third-order valence-electron chi connectivity index (χ3n) is 7.02. The Hall–Kier alpha value is -3.52. The molecule has 7 nitrogen and oxygen atoms in total. The molecule has 1 aromatic heterocycles. The minimum absolute atomic E-state index is 0.0506. The fourth-order valence-electron chi connectivity index (χ4n) is 4.87. The van der Waals surface area contributed by atoms with Gasteiger partial charge in [0.2, 0.25) is 12.7 Å². The molecule has 1 saturated carbocycles. The van der Waals surface area contributed by atoms with Crippen LogP contribution in [0.15, 0.2) is 53.9 Å². The smallest absolute Gasteiger partial charge is 0.254 e. The lowest BCUT2D eigenvalue weighted by Gasteiger charge is -2.37. The molecule has 0 saturated heterocycles. The molecule has 8 heteroatoms. The molecule has 0 unspecified atom stereocenters. The molecule has 1 aliphatic carbocycles. The Labute approximate surface area is 214 Å². The highest BCUT2D eigenvalue weighted by Gasteiger charge is 2.38. The summed E-state index contributed by atoms with van der Waals surface area (Å²) >= 11 is 1.73. The maximum Gasteiger partial charge on any atom is 0.254 e. The van der Waals surface area contributed by atoms with Crippen LogP contribution in [0, 0.1) is 6.92 Å². The summed E-state index contributed by atoms with van der Waals surface area (Å²) in [5.41, 5.74) is 2.83. The summed E-state index contributed by atoms with van der Waals surface area (Å²) in [7, 11) is 0. The van der Waals surface area contributed by atoms with Crippen molar-refractivity contribution >= 4 is 23.2 Å². The Balaban J connectivity index is 1.20. The number of carbonyl (C=O) groups excluding carboxylic acids is 2. The minimum Gasteiger partial charge on any atom is -0.491 e. The van der Waals surface area contributed by atoms with Crippen LogP contribution >= 0.6 is 11.3 Å². The minimum atomic E-state index is -0.185. The number of hydrogen-bond acceptors (Lipinski definition) is 6. The maximum absolute atomic E-state index is 13.7. The van der Waals surface area contributed by atoms with Crippen molar-refractivity contribution in [3.05, 3.63) is 75.5 Å². The van der Waals surface area contributed by atoms with Crippen molar-refractivity contribution in [2.24, 2.45) is 0 Å². The Morgan fingerprint density at radius 2 is 1.89 bits per heavy atom. The summed E-state index contributed by atoms with van der Waals surface area (Å²) in [5.74, 6) is 1.79. The predicted octanol–water partition coefficient (Wildman–Crippen LogP) is 4.59. The van der Waals surface area contributed by atoms with Crippen LogP contribution < -0.4 is 14.2 Å². The number of ether oxygens (including phenoxy) is 3. The normalized spacial score (nSPS) is 18.0. The SMILES string of the molecule is Cc1ccc(OC[C@H]2c3ccsc3CCN2C(=O)CN(C(=O)c2ccc3c(c2)OCO3)C2CC2)cc1. The standard InChI is InChI=1S/C28H28N2O5S/c1-18-2-7-21(8-3-18)33-16-23-22-11-13-36-26(22)10-12-29(23)27(31)15-30(20-5-6-20)28(32)19-4-9-24-25(14-19)35-17-34-24/h2-4,7-9,11,13-14,20,23H,5-6,10,12,15-17H2,1H3/t23-/m0/s1. The van der Waals surface area contributed by atoms with Crippen LogP contribution in [-0.2, 0) is 11.2 Å². The number of carbonyl (C=O) groups is 2. The summed E-state index contributed by atoms with van der Waals surface area (Å²) in [5, 5.41) is 2.08. The fraction of sp³-hybridized carbons (Fsp3) is 0.357. The summed E-state index contributed by atoms with van der Waals surface area (Å²) < 4.78 is 17.0. The molecular formula is C28H28N2O5S. The largest absolute Gasteiger partial charge is 0.491 e. The molecule has 6 rings (SSSR count). The molecule has 0 spiro atoms. The van der Waals surface area contributed by atoms with Crippen molar-refractivity contribution in [3.63, 3.8) is 0 Å². The zero-order chi connectivity index (χ0) is 24.6. The van der Waals surface area contributed by atoms with E-state index in [0.717, 1.165) is 30.6 Å². The van der Waals surface area contributed by atoms with E-state index in [1.165, 1.54) is 10.4 Å². The number of hydrogen-bond donors (Lipinski definition) is 0. The van der Waals surface area contributed by atoms with Gasteiger partial charge in [-0.15, -0.1) is 11.3 Å².